The number of alkyl halides is 3. The Labute approximate surface area is 121 Å². The monoisotopic (exact) mass is 317 g/mol. The van der Waals surface area contributed by atoms with E-state index in [1.54, 1.807) is 23.5 Å². The number of thiazole rings is 1. The molecule has 21 heavy (non-hydrogen) atoms. The summed E-state index contributed by atoms with van der Waals surface area (Å²) in [6.07, 6.45) is -3.18. The average molecular weight is 317 g/mol. The summed E-state index contributed by atoms with van der Waals surface area (Å²) in [5.41, 5.74) is -1.96. The minimum atomic E-state index is -4.78. The summed E-state index contributed by atoms with van der Waals surface area (Å²) >= 11 is 1.38. The van der Waals surface area contributed by atoms with Gasteiger partial charge in [0.2, 0.25) is 0 Å². The Morgan fingerprint density at radius 1 is 1.43 bits per heavy atom. The van der Waals surface area contributed by atoms with Gasteiger partial charge in [-0.1, -0.05) is 0 Å². The molecule has 1 aromatic carbocycles. The fourth-order valence-electron chi connectivity index (χ4n) is 1.77. The SMILES string of the molecule is CN(Cc1nccs1)c1ccc([N+](=O)[O-])c(C(F)(F)F)c1. The highest BCUT2D eigenvalue weighted by atomic mass is 32.1. The number of benzene rings is 1. The van der Waals surface area contributed by atoms with Crippen LogP contribution in [0, 0.1) is 10.1 Å². The van der Waals surface area contributed by atoms with Gasteiger partial charge < -0.3 is 4.90 Å². The van der Waals surface area contributed by atoms with Gasteiger partial charge >= 0.3 is 6.18 Å². The third-order valence-electron chi connectivity index (χ3n) is 2.78. The third-order valence-corrected chi connectivity index (χ3v) is 3.54. The minimum absolute atomic E-state index is 0.239. The van der Waals surface area contributed by atoms with Gasteiger partial charge in [-0.05, 0) is 12.1 Å². The molecular weight excluding hydrogens is 307 g/mol. The van der Waals surface area contributed by atoms with Crippen LogP contribution in [0.4, 0.5) is 24.5 Å². The van der Waals surface area contributed by atoms with Crippen molar-refractivity contribution in [2.24, 2.45) is 0 Å². The molecule has 1 aromatic heterocycles. The van der Waals surface area contributed by atoms with Crippen LogP contribution in [0.1, 0.15) is 10.6 Å². The molecule has 0 atom stereocenters. The molecule has 0 amide bonds. The molecule has 1 heterocycles. The zero-order valence-electron chi connectivity index (χ0n) is 10.8. The van der Waals surface area contributed by atoms with Gasteiger partial charge in [-0.3, -0.25) is 10.1 Å². The average Bonchev–Trinajstić information content (AvgIpc) is 2.89. The Kier molecular flexibility index (Phi) is 4.12. The van der Waals surface area contributed by atoms with Gasteiger partial charge in [0.25, 0.3) is 5.69 Å². The largest absolute Gasteiger partial charge is 0.423 e. The van der Waals surface area contributed by atoms with Crippen molar-refractivity contribution in [1.29, 1.82) is 0 Å². The molecule has 0 radical (unpaired) electrons. The van der Waals surface area contributed by atoms with Crippen LogP contribution in [0.25, 0.3) is 0 Å². The molecule has 0 aliphatic heterocycles. The summed E-state index contributed by atoms with van der Waals surface area (Å²) in [7, 11) is 1.60. The lowest BCUT2D eigenvalue weighted by molar-refractivity contribution is -0.388. The van der Waals surface area contributed by atoms with Gasteiger partial charge in [0, 0.05) is 30.4 Å². The van der Waals surface area contributed by atoms with Crippen LogP contribution in [0.15, 0.2) is 29.8 Å². The number of nitrogens with zero attached hydrogens (tertiary/aromatic N) is 3. The van der Waals surface area contributed by atoms with E-state index in [0.717, 1.165) is 17.1 Å². The maximum atomic E-state index is 12.9. The van der Waals surface area contributed by atoms with E-state index in [2.05, 4.69) is 4.98 Å². The number of anilines is 1. The fraction of sp³-hybridized carbons (Fsp3) is 0.250. The van der Waals surface area contributed by atoms with E-state index in [-0.39, 0.29) is 5.69 Å². The highest BCUT2D eigenvalue weighted by Gasteiger charge is 2.38. The van der Waals surface area contributed by atoms with E-state index >= 15 is 0 Å². The second kappa shape index (κ2) is 5.68. The lowest BCUT2D eigenvalue weighted by Gasteiger charge is -2.19. The van der Waals surface area contributed by atoms with E-state index in [1.165, 1.54) is 17.4 Å². The van der Waals surface area contributed by atoms with E-state index in [1.807, 2.05) is 0 Å². The van der Waals surface area contributed by atoms with Crippen LogP contribution >= 0.6 is 11.3 Å². The molecule has 0 saturated carbocycles. The van der Waals surface area contributed by atoms with Crippen LogP contribution in [0.2, 0.25) is 0 Å². The number of nitro benzene ring substituents is 1. The summed E-state index contributed by atoms with van der Waals surface area (Å²) in [5.74, 6) is 0. The Hall–Kier alpha value is -2.16. The molecule has 0 spiro atoms. The van der Waals surface area contributed by atoms with E-state index in [0.29, 0.717) is 6.54 Å². The first-order chi connectivity index (χ1) is 9.79. The molecule has 2 rings (SSSR count). The molecule has 0 bridgehead atoms. The van der Waals surface area contributed by atoms with Crippen molar-refractivity contribution in [1.82, 2.24) is 4.98 Å². The van der Waals surface area contributed by atoms with Crippen molar-refractivity contribution in [3.63, 3.8) is 0 Å². The first-order valence-corrected chi connectivity index (χ1v) is 6.62. The highest BCUT2D eigenvalue weighted by molar-refractivity contribution is 7.09. The Bertz CT molecular complexity index is 644. The number of hydrogen-bond donors (Lipinski definition) is 0. The molecule has 5 nitrogen and oxygen atoms in total. The van der Waals surface area contributed by atoms with Crippen molar-refractivity contribution in [2.75, 3.05) is 11.9 Å². The van der Waals surface area contributed by atoms with Crippen molar-refractivity contribution in [3.8, 4) is 0 Å². The van der Waals surface area contributed by atoms with Gasteiger partial charge in [-0.2, -0.15) is 13.2 Å². The smallest absolute Gasteiger partial charge is 0.368 e. The summed E-state index contributed by atoms with van der Waals surface area (Å²) in [4.78, 5) is 15.3. The molecule has 0 saturated heterocycles. The molecule has 0 aliphatic rings. The van der Waals surface area contributed by atoms with E-state index < -0.39 is 22.4 Å². The summed E-state index contributed by atoms with van der Waals surface area (Å²) < 4.78 is 38.7. The maximum Gasteiger partial charge on any atom is 0.423 e. The second-order valence-corrected chi connectivity index (χ2v) is 5.22. The summed E-state index contributed by atoms with van der Waals surface area (Å²) in [6, 6.07) is 2.95. The zero-order valence-corrected chi connectivity index (χ0v) is 11.6. The predicted octanol–water partition coefficient (Wildman–Crippen LogP) is 3.71. The van der Waals surface area contributed by atoms with Crippen LogP contribution < -0.4 is 4.90 Å². The van der Waals surface area contributed by atoms with Crippen LogP contribution in [0.5, 0.6) is 0 Å². The fourth-order valence-corrected chi connectivity index (χ4v) is 2.44. The molecule has 9 heteroatoms. The quantitative estimate of drug-likeness (QED) is 0.637. The Morgan fingerprint density at radius 3 is 2.67 bits per heavy atom. The molecule has 0 aliphatic carbocycles. The van der Waals surface area contributed by atoms with Gasteiger partial charge in [-0.15, -0.1) is 11.3 Å². The Balaban J connectivity index is 2.35. The standard InChI is InChI=1S/C12H10F3N3O2S/c1-17(7-11-16-4-5-21-11)8-2-3-10(18(19)20)9(6-8)12(13,14)15/h2-6H,7H2,1H3. The minimum Gasteiger partial charge on any atom is -0.368 e. The topological polar surface area (TPSA) is 59.3 Å². The van der Waals surface area contributed by atoms with E-state index in [9.17, 15) is 23.3 Å². The number of aromatic nitrogens is 1. The molecule has 112 valence electrons. The van der Waals surface area contributed by atoms with Crippen LogP contribution in [-0.2, 0) is 12.7 Å². The predicted molar refractivity (Wildman–Crippen MR) is 72.3 cm³/mol. The number of rotatable bonds is 4. The second-order valence-electron chi connectivity index (χ2n) is 4.24. The number of hydrogen-bond acceptors (Lipinski definition) is 5. The van der Waals surface area contributed by atoms with Gasteiger partial charge in [0.1, 0.15) is 10.6 Å². The van der Waals surface area contributed by atoms with E-state index in [4.69, 9.17) is 0 Å². The normalized spacial score (nSPS) is 11.4. The molecule has 0 fully saturated rings. The number of nitro groups is 1. The van der Waals surface area contributed by atoms with Gasteiger partial charge in [0.15, 0.2) is 0 Å². The highest BCUT2D eigenvalue weighted by Crippen LogP contribution is 2.38. The molecular formula is C12H10F3N3O2S. The summed E-state index contributed by atoms with van der Waals surface area (Å²) in [6.45, 7) is 0.326. The van der Waals surface area contributed by atoms with Crippen LogP contribution in [0.3, 0.4) is 0 Å². The zero-order chi connectivity index (χ0) is 15.6. The molecule has 0 unspecified atom stereocenters. The van der Waals surface area contributed by atoms with Gasteiger partial charge in [-0.25, -0.2) is 4.98 Å². The first kappa shape index (κ1) is 15.2. The van der Waals surface area contributed by atoms with Crippen molar-refractivity contribution < 1.29 is 18.1 Å². The van der Waals surface area contributed by atoms with Crippen molar-refractivity contribution in [3.05, 3.63) is 50.5 Å². The number of halogens is 3. The third kappa shape index (κ3) is 3.48. The van der Waals surface area contributed by atoms with Crippen LogP contribution in [-0.4, -0.2) is 17.0 Å². The lowest BCUT2D eigenvalue weighted by atomic mass is 10.1. The first-order valence-electron chi connectivity index (χ1n) is 5.74. The molecule has 2 aromatic rings. The lowest BCUT2D eigenvalue weighted by Crippen LogP contribution is -2.18. The Morgan fingerprint density at radius 2 is 2.14 bits per heavy atom. The summed E-state index contributed by atoms with van der Waals surface area (Å²) in [5, 5.41) is 13.2. The molecule has 0 N–H and O–H groups in total. The van der Waals surface area contributed by atoms with Crippen molar-refractivity contribution in [2.45, 2.75) is 12.7 Å². The van der Waals surface area contributed by atoms with Gasteiger partial charge in [0.05, 0.1) is 11.5 Å². The maximum absolute atomic E-state index is 12.9. The van der Waals surface area contributed by atoms with Crippen molar-refractivity contribution >= 4 is 22.7 Å².